The number of nitrogens with zero attached hydrogens (tertiary/aromatic N) is 2. The minimum absolute atomic E-state index is 0.0462. The monoisotopic (exact) mass is 418 g/mol. The van der Waals surface area contributed by atoms with Gasteiger partial charge < -0.3 is 9.67 Å². The summed E-state index contributed by atoms with van der Waals surface area (Å²) < 4.78 is 3.29. The Bertz CT molecular complexity index is 640. The molecule has 0 aliphatic carbocycles. The van der Waals surface area contributed by atoms with Crippen LogP contribution < -0.4 is 0 Å². The van der Waals surface area contributed by atoms with Gasteiger partial charge in [-0.15, -0.1) is 0 Å². The molecule has 0 fully saturated rings. The number of fused-ring (bicyclic) bond motifs is 1. The number of halogens is 1. The lowest BCUT2D eigenvalue weighted by Crippen LogP contribution is -2.04. The van der Waals surface area contributed by atoms with E-state index >= 15 is 0 Å². The second-order valence-corrected chi connectivity index (χ2v) is 7.59. The van der Waals surface area contributed by atoms with Crippen molar-refractivity contribution in [3.05, 3.63) is 21.8 Å². The van der Waals surface area contributed by atoms with Gasteiger partial charge in [0.05, 0.1) is 16.8 Å². The fourth-order valence-corrected chi connectivity index (χ4v) is 3.43. The van der Waals surface area contributed by atoms with Gasteiger partial charge in [-0.25, -0.2) is 4.98 Å². The predicted octanol–water partition coefficient (Wildman–Crippen LogP) is 4.25. The average Bonchev–Trinajstić information content (AvgIpc) is 2.73. The summed E-state index contributed by atoms with van der Waals surface area (Å²) >= 11 is 3.56. The first-order valence-electron chi connectivity index (χ1n) is 6.97. The third-order valence-electron chi connectivity index (χ3n) is 3.16. The fraction of sp³-hybridized carbons (Fsp3) is 0.467. The third-order valence-corrected chi connectivity index (χ3v) is 4.80. The predicted molar refractivity (Wildman–Crippen MR) is 94.9 cm³/mol. The summed E-state index contributed by atoms with van der Waals surface area (Å²) in [4.78, 5) is 15.4. The van der Waals surface area contributed by atoms with Gasteiger partial charge in [0.1, 0.15) is 0 Å². The maximum absolute atomic E-state index is 10.8. The highest BCUT2D eigenvalue weighted by Gasteiger charge is 2.13. The molecule has 6 heteroatoms. The molecule has 0 saturated heterocycles. The highest BCUT2D eigenvalue weighted by atomic mass is 127. The minimum atomic E-state index is -0.810. The van der Waals surface area contributed by atoms with Crippen LogP contribution in [0.15, 0.2) is 23.4 Å². The molecule has 0 saturated carbocycles. The van der Waals surface area contributed by atoms with Crippen LogP contribution in [-0.4, -0.2) is 26.4 Å². The van der Waals surface area contributed by atoms with E-state index in [1.165, 1.54) is 11.8 Å². The van der Waals surface area contributed by atoms with E-state index in [9.17, 15) is 4.79 Å². The van der Waals surface area contributed by atoms with Crippen molar-refractivity contribution in [1.29, 1.82) is 0 Å². The van der Waals surface area contributed by atoms with E-state index in [1.54, 1.807) is 0 Å². The number of aromatic nitrogens is 2. The van der Waals surface area contributed by atoms with Crippen molar-refractivity contribution < 1.29 is 9.90 Å². The van der Waals surface area contributed by atoms with Crippen LogP contribution in [0.5, 0.6) is 0 Å². The van der Waals surface area contributed by atoms with Crippen LogP contribution in [0.4, 0.5) is 0 Å². The van der Waals surface area contributed by atoms with Gasteiger partial charge in [0, 0.05) is 10.1 Å². The lowest BCUT2D eigenvalue weighted by atomic mass is 10.1. The normalized spacial score (nSPS) is 11.4. The van der Waals surface area contributed by atoms with Crippen molar-refractivity contribution in [1.82, 2.24) is 9.55 Å². The summed E-state index contributed by atoms with van der Waals surface area (Å²) in [5, 5.41) is 9.68. The molecule has 1 N–H and O–H groups in total. The number of hydrogen-bond donors (Lipinski definition) is 1. The third kappa shape index (κ3) is 4.60. The molecule has 0 amide bonds. The number of benzene rings is 1. The highest BCUT2D eigenvalue weighted by molar-refractivity contribution is 14.1. The van der Waals surface area contributed by atoms with Gasteiger partial charge in [0.2, 0.25) is 0 Å². The molecule has 1 aromatic heterocycles. The highest BCUT2D eigenvalue weighted by Crippen LogP contribution is 2.26. The topological polar surface area (TPSA) is 55.1 Å². The Balaban J connectivity index is 2.27. The van der Waals surface area contributed by atoms with E-state index in [0.717, 1.165) is 39.1 Å². The number of aryl methyl sites for hydroxylation is 1. The van der Waals surface area contributed by atoms with Crippen LogP contribution in [0.1, 0.15) is 26.7 Å². The summed E-state index contributed by atoms with van der Waals surface area (Å²) in [6.45, 7) is 5.32. The van der Waals surface area contributed by atoms with E-state index in [4.69, 9.17) is 5.11 Å². The molecular weight excluding hydrogens is 399 g/mol. The van der Waals surface area contributed by atoms with Gasteiger partial charge in [-0.1, -0.05) is 25.6 Å². The molecule has 2 rings (SSSR count). The smallest absolute Gasteiger partial charge is 0.313 e. The number of imidazole rings is 1. The number of carbonyl (C=O) groups is 1. The number of carboxylic acids is 1. The Hall–Kier alpha value is -0.760. The van der Waals surface area contributed by atoms with E-state index in [-0.39, 0.29) is 5.75 Å². The molecule has 2 aromatic rings. The van der Waals surface area contributed by atoms with Crippen molar-refractivity contribution in [2.45, 2.75) is 38.4 Å². The van der Waals surface area contributed by atoms with Crippen LogP contribution in [0.25, 0.3) is 11.0 Å². The Morgan fingerprint density at radius 1 is 1.48 bits per heavy atom. The Morgan fingerprint density at radius 2 is 2.24 bits per heavy atom. The number of aliphatic carboxylic acids is 1. The molecule has 4 nitrogen and oxygen atoms in total. The molecule has 21 heavy (non-hydrogen) atoms. The zero-order valence-corrected chi connectivity index (χ0v) is 15.1. The molecule has 0 unspecified atom stereocenters. The van der Waals surface area contributed by atoms with Gasteiger partial charge >= 0.3 is 5.97 Å². The standard InChI is InChI=1S/C15H19IN2O2S/c1-10(2)4-3-7-18-13-6-5-11(16)8-12(13)17-15(18)21-9-14(19)20/h5-6,8,10H,3-4,7,9H2,1-2H3,(H,19,20). The summed E-state index contributed by atoms with van der Waals surface area (Å²) in [6.07, 6.45) is 2.24. The van der Waals surface area contributed by atoms with Crippen LogP contribution >= 0.6 is 34.4 Å². The zero-order valence-electron chi connectivity index (χ0n) is 12.2. The molecular formula is C15H19IN2O2S. The van der Waals surface area contributed by atoms with E-state index in [1.807, 2.05) is 6.07 Å². The van der Waals surface area contributed by atoms with Gasteiger partial charge in [0.15, 0.2) is 5.16 Å². The summed E-state index contributed by atoms with van der Waals surface area (Å²) in [7, 11) is 0. The molecule has 1 heterocycles. The Labute approximate surface area is 142 Å². The molecule has 0 spiro atoms. The second-order valence-electron chi connectivity index (χ2n) is 5.40. The van der Waals surface area contributed by atoms with Crippen molar-refractivity contribution >= 4 is 51.4 Å². The number of thioether (sulfide) groups is 1. The van der Waals surface area contributed by atoms with Crippen molar-refractivity contribution in [3.8, 4) is 0 Å². The fourth-order valence-electron chi connectivity index (χ4n) is 2.19. The van der Waals surface area contributed by atoms with Crippen molar-refractivity contribution in [3.63, 3.8) is 0 Å². The number of carboxylic acid groups (broad SMARTS) is 1. The van der Waals surface area contributed by atoms with Gasteiger partial charge in [-0.05, 0) is 59.5 Å². The van der Waals surface area contributed by atoms with Crippen molar-refractivity contribution in [2.24, 2.45) is 5.92 Å². The summed E-state index contributed by atoms with van der Waals surface area (Å²) in [6, 6.07) is 6.18. The van der Waals surface area contributed by atoms with E-state index < -0.39 is 5.97 Å². The van der Waals surface area contributed by atoms with Crippen LogP contribution in [0.3, 0.4) is 0 Å². The molecule has 114 valence electrons. The van der Waals surface area contributed by atoms with Crippen LogP contribution in [-0.2, 0) is 11.3 Å². The molecule has 0 radical (unpaired) electrons. The molecule has 0 aliphatic rings. The van der Waals surface area contributed by atoms with E-state index in [0.29, 0.717) is 5.92 Å². The number of rotatable bonds is 7. The first kappa shape index (κ1) is 16.6. The quantitative estimate of drug-likeness (QED) is 0.540. The number of hydrogen-bond acceptors (Lipinski definition) is 3. The van der Waals surface area contributed by atoms with E-state index in [2.05, 4.69) is 58.1 Å². The molecule has 0 atom stereocenters. The largest absolute Gasteiger partial charge is 0.481 e. The first-order chi connectivity index (χ1) is 9.97. The molecule has 0 aliphatic heterocycles. The van der Waals surface area contributed by atoms with Crippen LogP contribution in [0, 0.1) is 9.49 Å². The Morgan fingerprint density at radius 3 is 2.90 bits per heavy atom. The average molecular weight is 418 g/mol. The summed E-state index contributed by atoms with van der Waals surface area (Å²) in [5.41, 5.74) is 2.03. The second kappa shape index (κ2) is 7.49. The lowest BCUT2D eigenvalue weighted by Gasteiger charge is -2.09. The molecule has 1 aromatic carbocycles. The maximum atomic E-state index is 10.8. The Kier molecular flexibility index (Phi) is 5.92. The zero-order chi connectivity index (χ0) is 15.4. The lowest BCUT2D eigenvalue weighted by molar-refractivity contribution is -0.133. The molecule has 0 bridgehead atoms. The first-order valence-corrected chi connectivity index (χ1v) is 9.04. The van der Waals surface area contributed by atoms with Crippen LogP contribution in [0.2, 0.25) is 0 Å². The summed E-state index contributed by atoms with van der Waals surface area (Å²) in [5.74, 6) is -0.0869. The SMILES string of the molecule is CC(C)CCCn1c(SCC(=O)O)nc2cc(I)ccc21. The van der Waals surface area contributed by atoms with Crippen molar-refractivity contribution in [2.75, 3.05) is 5.75 Å². The van der Waals surface area contributed by atoms with Gasteiger partial charge in [0.25, 0.3) is 0 Å². The van der Waals surface area contributed by atoms with Gasteiger partial charge in [-0.3, -0.25) is 4.79 Å². The van der Waals surface area contributed by atoms with Gasteiger partial charge in [-0.2, -0.15) is 0 Å². The maximum Gasteiger partial charge on any atom is 0.313 e. The minimum Gasteiger partial charge on any atom is -0.481 e.